The average molecular weight is 188 g/mol. The molecule has 1 heteroatoms. The van der Waals surface area contributed by atoms with Gasteiger partial charge in [0.25, 0.3) is 0 Å². The molecule has 0 heterocycles. The maximum absolute atomic E-state index is 5.48. The van der Waals surface area contributed by atoms with Crippen LogP contribution in [0.3, 0.4) is 0 Å². The van der Waals surface area contributed by atoms with Gasteiger partial charge < -0.3 is 4.74 Å². The molecule has 0 saturated carbocycles. The highest BCUT2D eigenvalue weighted by atomic mass is 16.5. The fourth-order valence-electron chi connectivity index (χ4n) is 1.35. The van der Waals surface area contributed by atoms with Gasteiger partial charge in [0.15, 0.2) is 0 Å². The third-order valence-corrected chi connectivity index (χ3v) is 2.02. The molecule has 1 aromatic carbocycles. The van der Waals surface area contributed by atoms with Gasteiger partial charge in [0.05, 0.1) is 0 Å². The Labute approximate surface area is 86.1 Å². The Kier molecular flexibility index (Phi) is 4.07. The molecule has 0 aliphatic heterocycles. The van der Waals surface area contributed by atoms with Crippen LogP contribution in [-0.2, 0) is 4.74 Å². The molecule has 0 aliphatic carbocycles. The van der Waals surface area contributed by atoms with E-state index in [-0.39, 0.29) is 6.10 Å². The summed E-state index contributed by atoms with van der Waals surface area (Å²) in [7, 11) is 0. The molecule has 0 aliphatic rings. The molecular formula is C13H16O. The van der Waals surface area contributed by atoms with Crippen molar-refractivity contribution in [3.8, 4) is 12.0 Å². The first-order chi connectivity index (χ1) is 6.75. The highest BCUT2D eigenvalue weighted by Crippen LogP contribution is 2.24. The summed E-state index contributed by atoms with van der Waals surface area (Å²) < 4.78 is 5.48. The van der Waals surface area contributed by atoms with Gasteiger partial charge in [0.1, 0.15) is 12.2 Å². The summed E-state index contributed by atoms with van der Waals surface area (Å²) in [6.45, 7) is 6.05. The van der Waals surface area contributed by atoms with Crippen molar-refractivity contribution in [1.82, 2.24) is 0 Å². The minimum Gasteiger partial charge on any atom is -0.438 e. The van der Waals surface area contributed by atoms with Gasteiger partial charge in [0, 0.05) is 6.92 Å². The molecule has 0 saturated heterocycles. The summed E-state index contributed by atoms with van der Waals surface area (Å²) >= 11 is 0. The number of hydrogen-bond donors (Lipinski definition) is 0. The second-order valence-electron chi connectivity index (χ2n) is 3.55. The van der Waals surface area contributed by atoms with Crippen LogP contribution in [0.1, 0.15) is 32.4 Å². The van der Waals surface area contributed by atoms with Gasteiger partial charge in [0.2, 0.25) is 0 Å². The molecule has 1 rings (SSSR count). The Morgan fingerprint density at radius 1 is 1.14 bits per heavy atom. The van der Waals surface area contributed by atoms with Crippen molar-refractivity contribution < 1.29 is 4.74 Å². The zero-order valence-corrected chi connectivity index (χ0v) is 8.95. The Balaban J connectivity index is 2.81. The van der Waals surface area contributed by atoms with Crippen LogP contribution < -0.4 is 0 Å². The largest absolute Gasteiger partial charge is 0.438 e. The van der Waals surface area contributed by atoms with Crippen LogP contribution in [-0.4, -0.2) is 0 Å². The van der Waals surface area contributed by atoms with Gasteiger partial charge in [-0.2, -0.15) is 0 Å². The Bertz CT molecular complexity index is 316. The van der Waals surface area contributed by atoms with Gasteiger partial charge in [-0.1, -0.05) is 50.1 Å². The second-order valence-corrected chi connectivity index (χ2v) is 3.55. The Morgan fingerprint density at radius 2 is 1.79 bits per heavy atom. The smallest absolute Gasteiger partial charge is 0.138 e. The van der Waals surface area contributed by atoms with Crippen molar-refractivity contribution in [2.24, 2.45) is 5.92 Å². The van der Waals surface area contributed by atoms with Gasteiger partial charge in [-0.3, -0.25) is 0 Å². The van der Waals surface area contributed by atoms with Gasteiger partial charge in [-0.05, 0) is 11.5 Å². The summed E-state index contributed by atoms with van der Waals surface area (Å²) in [6, 6.07) is 10.2. The normalized spacial score (nSPS) is 11.7. The molecule has 1 nitrogen and oxygen atoms in total. The molecule has 0 fully saturated rings. The summed E-state index contributed by atoms with van der Waals surface area (Å²) in [4.78, 5) is 0. The van der Waals surface area contributed by atoms with Gasteiger partial charge >= 0.3 is 0 Å². The first-order valence-corrected chi connectivity index (χ1v) is 4.88. The highest BCUT2D eigenvalue weighted by Gasteiger charge is 2.15. The van der Waals surface area contributed by atoms with E-state index in [1.54, 1.807) is 6.92 Å². The monoisotopic (exact) mass is 188 g/mol. The van der Waals surface area contributed by atoms with Crippen LogP contribution in [0.5, 0.6) is 0 Å². The molecule has 1 atom stereocenters. The SMILES string of the molecule is CC#CO[C@H](c1ccccc1)C(C)C. The standard InChI is InChI=1S/C13H16O/c1-4-10-14-13(11(2)3)12-8-6-5-7-9-12/h5-9,11,13H,1-3H3/t13-/m0/s1. The van der Waals surface area contributed by atoms with Crippen molar-refractivity contribution >= 4 is 0 Å². The van der Waals surface area contributed by atoms with Crippen LogP contribution >= 0.6 is 0 Å². The maximum Gasteiger partial charge on any atom is 0.138 e. The number of hydrogen-bond acceptors (Lipinski definition) is 1. The Hall–Kier alpha value is -1.42. The molecule has 74 valence electrons. The topological polar surface area (TPSA) is 9.23 Å². The quantitative estimate of drug-likeness (QED) is 0.661. The first kappa shape index (κ1) is 10.7. The van der Waals surface area contributed by atoms with Crippen molar-refractivity contribution in [2.45, 2.75) is 26.9 Å². The van der Waals surface area contributed by atoms with E-state index in [2.05, 4.69) is 38.0 Å². The first-order valence-electron chi connectivity index (χ1n) is 4.88. The van der Waals surface area contributed by atoms with Crippen molar-refractivity contribution in [3.05, 3.63) is 35.9 Å². The van der Waals surface area contributed by atoms with Crippen LogP contribution in [0.4, 0.5) is 0 Å². The van der Waals surface area contributed by atoms with Crippen LogP contribution in [0, 0.1) is 17.9 Å². The van der Waals surface area contributed by atoms with E-state index in [0.29, 0.717) is 5.92 Å². The lowest BCUT2D eigenvalue weighted by molar-refractivity contribution is 0.121. The van der Waals surface area contributed by atoms with Crippen LogP contribution in [0.2, 0.25) is 0 Å². The summed E-state index contributed by atoms with van der Waals surface area (Å²) in [5.41, 5.74) is 1.19. The summed E-state index contributed by atoms with van der Waals surface area (Å²) in [5, 5.41) is 0. The molecule has 0 N–H and O–H groups in total. The molecule has 1 aromatic rings. The molecule has 0 radical (unpaired) electrons. The zero-order chi connectivity index (χ0) is 10.4. The molecule has 0 amide bonds. The summed E-state index contributed by atoms with van der Waals surface area (Å²) in [5.74, 6) is 3.18. The molecule has 0 bridgehead atoms. The van der Waals surface area contributed by atoms with E-state index in [4.69, 9.17) is 4.74 Å². The van der Waals surface area contributed by atoms with E-state index in [1.165, 1.54) is 5.56 Å². The van der Waals surface area contributed by atoms with Crippen molar-refractivity contribution in [2.75, 3.05) is 0 Å². The third-order valence-electron chi connectivity index (χ3n) is 2.02. The average Bonchev–Trinajstić information content (AvgIpc) is 2.19. The molecular weight excluding hydrogens is 172 g/mol. The van der Waals surface area contributed by atoms with Gasteiger partial charge in [-0.25, -0.2) is 0 Å². The zero-order valence-electron chi connectivity index (χ0n) is 8.95. The van der Waals surface area contributed by atoms with E-state index in [1.807, 2.05) is 18.2 Å². The lowest BCUT2D eigenvalue weighted by Gasteiger charge is -2.18. The second kappa shape index (κ2) is 5.34. The summed E-state index contributed by atoms with van der Waals surface area (Å²) in [6.07, 6.45) is 2.75. The molecule has 14 heavy (non-hydrogen) atoms. The van der Waals surface area contributed by atoms with Crippen LogP contribution in [0.15, 0.2) is 30.3 Å². The minimum atomic E-state index is 0.0728. The molecule has 0 aromatic heterocycles. The lowest BCUT2D eigenvalue weighted by Crippen LogP contribution is -2.08. The Morgan fingerprint density at radius 3 is 2.29 bits per heavy atom. The minimum absolute atomic E-state index is 0.0728. The molecule has 0 spiro atoms. The lowest BCUT2D eigenvalue weighted by atomic mass is 9.99. The van der Waals surface area contributed by atoms with Crippen molar-refractivity contribution in [1.29, 1.82) is 0 Å². The van der Waals surface area contributed by atoms with Crippen molar-refractivity contribution in [3.63, 3.8) is 0 Å². The number of benzene rings is 1. The van der Waals surface area contributed by atoms with E-state index < -0.39 is 0 Å². The highest BCUT2D eigenvalue weighted by molar-refractivity contribution is 5.18. The van der Waals surface area contributed by atoms with Gasteiger partial charge in [-0.15, -0.1) is 0 Å². The number of ether oxygens (including phenoxy) is 1. The predicted octanol–water partition coefficient (Wildman–Crippen LogP) is 3.38. The van der Waals surface area contributed by atoms with E-state index >= 15 is 0 Å². The van der Waals surface area contributed by atoms with E-state index in [9.17, 15) is 0 Å². The molecule has 0 unspecified atom stereocenters. The fraction of sp³-hybridized carbons (Fsp3) is 0.385. The van der Waals surface area contributed by atoms with Crippen LogP contribution in [0.25, 0.3) is 0 Å². The predicted molar refractivity (Wildman–Crippen MR) is 58.6 cm³/mol. The maximum atomic E-state index is 5.48. The third kappa shape index (κ3) is 2.81. The van der Waals surface area contributed by atoms with E-state index in [0.717, 1.165) is 0 Å². The number of rotatable bonds is 3. The fourth-order valence-corrected chi connectivity index (χ4v) is 1.35.